The maximum absolute atomic E-state index is 7.22. The molecule has 0 unspecified atom stereocenters. The Morgan fingerprint density at radius 1 is 0.500 bits per heavy atom. The summed E-state index contributed by atoms with van der Waals surface area (Å²) in [6, 6.07) is 0.935. The first-order valence-electron chi connectivity index (χ1n) is 21.6. The quantitative estimate of drug-likeness (QED) is 0.166. The van der Waals surface area contributed by atoms with Gasteiger partial charge >= 0.3 is 0 Å². The normalized spacial score (nSPS) is 57.9. The fraction of sp³-hybridized carbons (Fsp3) is 0.952. The van der Waals surface area contributed by atoms with Gasteiger partial charge in [0.2, 0.25) is 11.9 Å². The summed E-state index contributed by atoms with van der Waals surface area (Å²) in [5.41, 5.74) is 11.6. The molecule has 4 N–H and O–H groups in total. The topological polar surface area (TPSA) is 78.0 Å². The molecule has 16 rings (SSSR count). The number of hydrogen-bond acceptors (Lipinski definition) is 2. The molecular formula is C42H64N6. The zero-order chi connectivity index (χ0) is 31.4. The van der Waals surface area contributed by atoms with Gasteiger partial charge in [0.05, 0.1) is 17.6 Å². The summed E-state index contributed by atoms with van der Waals surface area (Å²) in [4.78, 5) is 11.7. The molecule has 48 heavy (non-hydrogen) atoms. The molecule has 0 atom stereocenters. The standard InChI is InChI=1S/C42H64N6/c43-39(44-37-33-9-23-1-24(11-33)12-34(37)10-23)47-48(38-35-13-25-2-26(15-35)16-36(38)14-25)40(45-41-17-27-3-28(18-41)5-29(4-27)19-41)46-42-20-30-6-31(21-42)8-32(7-30)22-42/h23-38H,1-22H2,(H,45,46)(H3,43,44,47). The molecule has 0 spiro atoms. The lowest BCUT2D eigenvalue weighted by atomic mass is 9.52. The molecule has 6 nitrogen and oxygen atoms in total. The molecule has 0 amide bonds. The molecule has 16 saturated carbocycles. The first kappa shape index (κ1) is 29.2. The van der Waals surface area contributed by atoms with Crippen LogP contribution < -0.4 is 16.5 Å². The summed E-state index contributed by atoms with van der Waals surface area (Å²) in [6.45, 7) is 0. The van der Waals surface area contributed by atoms with Crippen LogP contribution in [0.15, 0.2) is 9.98 Å². The minimum Gasteiger partial charge on any atom is -0.369 e. The smallest absolute Gasteiger partial charge is 0.214 e. The number of hydrogen-bond donors (Lipinski definition) is 3. The largest absolute Gasteiger partial charge is 0.369 e. The Balaban J connectivity index is 0.940. The third-order valence-corrected chi connectivity index (χ3v) is 18.2. The van der Waals surface area contributed by atoms with E-state index in [1.165, 1.54) is 147 Å². The van der Waals surface area contributed by atoms with E-state index in [9.17, 15) is 0 Å². The fourth-order valence-electron chi connectivity index (χ4n) is 18.1. The zero-order valence-corrected chi connectivity index (χ0v) is 29.7. The highest BCUT2D eigenvalue weighted by Gasteiger charge is 2.57. The SMILES string of the molecule is NC(=NC1C2CC3CC(C2)CC1C3)NN(C(=NC12CC3CC(CC(C3)C1)C2)NC12CC3CC(CC(C3)C1)C2)C1C2CC3CC(C2)CC1C3. The number of nitrogens with zero attached hydrogens (tertiary/aromatic N) is 3. The van der Waals surface area contributed by atoms with Crippen LogP contribution in [0.5, 0.6) is 0 Å². The molecule has 16 bridgehead atoms. The van der Waals surface area contributed by atoms with E-state index in [1.807, 2.05) is 0 Å². The number of nitrogens with two attached hydrogens (primary N) is 1. The fourth-order valence-corrected chi connectivity index (χ4v) is 18.1. The van der Waals surface area contributed by atoms with Crippen molar-refractivity contribution in [3.8, 4) is 0 Å². The van der Waals surface area contributed by atoms with Crippen LogP contribution in [0.25, 0.3) is 0 Å². The molecule has 0 saturated heterocycles. The Bertz CT molecular complexity index is 1250. The van der Waals surface area contributed by atoms with E-state index in [0.717, 1.165) is 82.9 Å². The van der Waals surface area contributed by atoms with Gasteiger partial charge in [-0.15, -0.1) is 0 Å². The van der Waals surface area contributed by atoms with Crippen molar-refractivity contribution in [2.45, 2.75) is 164 Å². The van der Waals surface area contributed by atoms with Crippen molar-refractivity contribution in [2.75, 3.05) is 0 Å². The monoisotopic (exact) mass is 653 g/mol. The molecule has 0 aromatic carbocycles. The first-order chi connectivity index (χ1) is 23.4. The molecule has 6 heteroatoms. The van der Waals surface area contributed by atoms with Crippen molar-refractivity contribution < 1.29 is 0 Å². The van der Waals surface area contributed by atoms with Crippen molar-refractivity contribution in [1.29, 1.82) is 0 Å². The van der Waals surface area contributed by atoms with E-state index in [0.29, 0.717) is 18.0 Å². The van der Waals surface area contributed by atoms with Crippen molar-refractivity contribution in [3.05, 3.63) is 0 Å². The predicted molar refractivity (Wildman–Crippen MR) is 191 cm³/mol. The van der Waals surface area contributed by atoms with Crippen LogP contribution in [0.2, 0.25) is 0 Å². The number of nitrogens with one attached hydrogen (secondary N) is 2. The Kier molecular flexibility index (Phi) is 6.27. The lowest BCUT2D eigenvalue weighted by molar-refractivity contribution is -0.0571. The number of aliphatic imine (C=N–C) groups is 2. The van der Waals surface area contributed by atoms with Crippen LogP contribution in [0, 0.1) is 82.9 Å². The third-order valence-electron chi connectivity index (χ3n) is 18.2. The first-order valence-corrected chi connectivity index (χ1v) is 21.6. The van der Waals surface area contributed by atoms with Crippen LogP contribution in [-0.4, -0.2) is 40.1 Å². The summed E-state index contributed by atoms with van der Waals surface area (Å²) in [7, 11) is 0. The van der Waals surface area contributed by atoms with Gasteiger partial charge in [0.15, 0.2) is 0 Å². The van der Waals surface area contributed by atoms with Crippen LogP contribution in [0.3, 0.4) is 0 Å². The van der Waals surface area contributed by atoms with Crippen LogP contribution in [0.4, 0.5) is 0 Å². The van der Waals surface area contributed by atoms with E-state index in [1.54, 1.807) is 0 Å². The predicted octanol–water partition coefficient (Wildman–Crippen LogP) is 7.64. The molecule has 0 radical (unpaired) electrons. The van der Waals surface area contributed by atoms with Gasteiger partial charge in [-0.2, -0.15) is 0 Å². The average Bonchev–Trinajstić information content (AvgIpc) is 2.99. The second-order valence-electron chi connectivity index (χ2n) is 21.7. The average molecular weight is 653 g/mol. The van der Waals surface area contributed by atoms with Crippen molar-refractivity contribution in [2.24, 2.45) is 98.6 Å². The highest BCUT2D eigenvalue weighted by atomic mass is 15.6. The van der Waals surface area contributed by atoms with Crippen molar-refractivity contribution in [1.82, 2.24) is 15.8 Å². The van der Waals surface area contributed by atoms with E-state index in [2.05, 4.69) is 15.8 Å². The molecule has 16 fully saturated rings. The molecule has 16 aliphatic carbocycles. The molecule has 0 aliphatic heterocycles. The minimum absolute atomic E-state index is 0.137. The number of hydrazine groups is 1. The van der Waals surface area contributed by atoms with Gasteiger partial charge < -0.3 is 11.1 Å². The summed E-state index contributed by atoms with van der Waals surface area (Å²) in [5.74, 6) is 14.4. The summed E-state index contributed by atoms with van der Waals surface area (Å²) >= 11 is 0. The van der Waals surface area contributed by atoms with E-state index >= 15 is 0 Å². The van der Waals surface area contributed by atoms with Gasteiger partial charge in [0.25, 0.3) is 0 Å². The van der Waals surface area contributed by atoms with Crippen LogP contribution in [0.1, 0.15) is 141 Å². The highest BCUT2D eigenvalue weighted by Crippen LogP contribution is 2.60. The molecule has 262 valence electrons. The maximum atomic E-state index is 7.22. The van der Waals surface area contributed by atoms with E-state index in [4.69, 9.17) is 15.7 Å². The Hall–Kier alpha value is -1.46. The number of rotatable bonds is 4. The third kappa shape index (κ3) is 4.66. The van der Waals surface area contributed by atoms with Crippen LogP contribution in [-0.2, 0) is 0 Å². The molecule has 0 heterocycles. The lowest BCUT2D eigenvalue weighted by Crippen LogP contribution is -2.70. The van der Waals surface area contributed by atoms with E-state index in [-0.39, 0.29) is 11.1 Å². The van der Waals surface area contributed by atoms with Gasteiger partial charge in [-0.25, -0.2) is 9.98 Å². The summed E-state index contributed by atoms with van der Waals surface area (Å²) < 4.78 is 0. The van der Waals surface area contributed by atoms with Crippen molar-refractivity contribution >= 4 is 11.9 Å². The highest BCUT2D eigenvalue weighted by molar-refractivity contribution is 5.86. The zero-order valence-electron chi connectivity index (χ0n) is 29.7. The maximum Gasteiger partial charge on any atom is 0.214 e. The Labute approximate surface area is 290 Å². The summed E-state index contributed by atoms with van der Waals surface area (Å²) in [6.07, 6.45) is 31.3. The van der Waals surface area contributed by atoms with Gasteiger partial charge in [0, 0.05) is 5.54 Å². The Morgan fingerprint density at radius 3 is 1.35 bits per heavy atom. The lowest BCUT2D eigenvalue weighted by Gasteiger charge is -2.60. The molecule has 16 aliphatic rings. The molecular weight excluding hydrogens is 589 g/mol. The Morgan fingerprint density at radius 2 is 0.896 bits per heavy atom. The second-order valence-corrected chi connectivity index (χ2v) is 21.7. The second kappa shape index (κ2) is 10.3. The van der Waals surface area contributed by atoms with Gasteiger partial charge in [-0.05, 0) is 224 Å². The summed E-state index contributed by atoms with van der Waals surface area (Å²) in [5, 5.41) is 7.17. The minimum atomic E-state index is 0.137. The van der Waals surface area contributed by atoms with E-state index < -0.39 is 0 Å². The molecule has 0 aromatic heterocycles. The van der Waals surface area contributed by atoms with Crippen LogP contribution >= 0.6 is 0 Å². The van der Waals surface area contributed by atoms with Gasteiger partial charge in [0.1, 0.15) is 0 Å². The van der Waals surface area contributed by atoms with Crippen molar-refractivity contribution in [3.63, 3.8) is 0 Å². The number of guanidine groups is 2. The van der Waals surface area contributed by atoms with Gasteiger partial charge in [-0.1, -0.05) is 0 Å². The molecule has 0 aromatic rings. The van der Waals surface area contributed by atoms with Gasteiger partial charge in [-0.3, -0.25) is 10.4 Å².